The van der Waals surface area contributed by atoms with E-state index >= 15 is 0 Å². The summed E-state index contributed by atoms with van der Waals surface area (Å²) in [5, 5.41) is 15.6. The largest absolute Gasteiger partial charge is 0.390 e. The van der Waals surface area contributed by atoms with Crippen LogP contribution in [0.25, 0.3) is 0 Å². The first-order chi connectivity index (χ1) is 7.70. The van der Waals surface area contributed by atoms with E-state index in [2.05, 4.69) is 29.4 Å². The van der Waals surface area contributed by atoms with E-state index in [4.69, 9.17) is 0 Å². The molecule has 3 heteroatoms. The highest BCUT2D eigenvalue weighted by Crippen LogP contribution is 2.19. The fourth-order valence-corrected chi connectivity index (χ4v) is 2.31. The highest BCUT2D eigenvalue weighted by Gasteiger charge is 2.21. The summed E-state index contributed by atoms with van der Waals surface area (Å²) in [5.41, 5.74) is -0.579. The standard InChI is InChI=1S/C13H21NOS/c1-3-7-13(15,4-2)8-9-14-11-12-6-5-10-16-12/h3,5-6,10,14-15H,1,4,7-9,11H2,2H3. The van der Waals surface area contributed by atoms with Crippen molar-refractivity contribution < 1.29 is 5.11 Å². The highest BCUT2D eigenvalue weighted by atomic mass is 32.1. The van der Waals surface area contributed by atoms with E-state index < -0.39 is 5.60 Å². The van der Waals surface area contributed by atoms with Gasteiger partial charge in [0.15, 0.2) is 0 Å². The first-order valence-electron chi connectivity index (χ1n) is 5.76. The van der Waals surface area contributed by atoms with Crippen molar-refractivity contribution in [3.63, 3.8) is 0 Å². The normalized spacial score (nSPS) is 14.6. The number of nitrogens with one attached hydrogen (secondary N) is 1. The zero-order valence-electron chi connectivity index (χ0n) is 9.91. The van der Waals surface area contributed by atoms with Crippen LogP contribution < -0.4 is 5.32 Å². The van der Waals surface area contributed by atoms with E-state index in [-0.39, 0.29) is 0 Å². The quantitative estimate of drug-likeness (QED) is 0.540. The van der Waals surface area contributed by atoms with E-state index in [1.165, 1.54) is 4.88 Å². The second-order valence-corrected chi connectivity index (χ2v) is 5.11. The van der Waals surface area contributed by atoms with Gasteiger partial charge in [-0.15, -0.1) is 17.9 Å². The van der Waals surface area contributed by atoms with Gasteiger partial charge in [0.1, 0.15) is 0 Å². The second-order valence-electron chi connectivity index (χ2n) is 4.08. The van der Waals surface area contributed by atoms with Gasteiger partial charge in [0.05, 0.1) is 5.60 Å². The van der Waals surface area contributed by atoms with E-state index in [0.29, 0.717) is 6.42 Å². The van der Waals surface area contributed by atoms with E-state index in [9.17, 15) is 5.11 Å². The Morgan fingerprint density at radius 2 is 2.44 bits per heavy atom. The van der Waals surface area contributed by atoms with Crippen LogP contribution in [0.15, 0.2) is 30.2 Å². The number of thiophene rings is 1. The average molecular weight is 239 g/mol. The third-order valence-electron chi connectivity index (χ3n) is 2.83. The summed E-state index contributed by atoms with van der Waals surface area (Å²) in [7, 11) is 0. The molecule has 1 heterocycles. The molecule has 0 aromatic carbocycles. The summed E-state index contributed by atoms with van der Waals surface area (Å²) in [6.07, 6.45) is 4.02. The smallest absolute Gasteiger partial charge is 0.0691 e. The highest BCUT2D eigenvalue weighted by molar-refractivity contribution is 7.09. The average Bonchev–Trinajstić information content (AvgIpc) is 2.78. The maximum Gasteiger partial charge on any atom is 0.0691 e. The molecule has 0 aliphatic heterocycles. The topological polar surface area (TPSA) is 32.3 Å². The molecule has 0 bridgehead atoms. The minimum atomic E-state index is -0.579. The molecule has 1 aromatic heterocycles. The number of rotatable bonds is 8. The van der Waals surface area contributed by atoms with Crippen molar-refractivity contribution in [2.24, 2.45) is 0 Å². The minimum Gasteiger partial charge on any atom is -0.390 e. The Morgan fingerprint density at radius 1 is 1.62 bits per heavy atom. The SMILES string of the molecule is C=CCC(O)(CC)CCNCc1cccs1. The van der Waals surface area contributed by atoms with Crippen LogP contribution in [0.2, 0.25) is 0 Å². The van der Waals surface area contributed by atoms with Crippen LogP contribution >= 0.6 is 11.3 Å². The molecule has 1 rings (SSSR count). The molecule has 0 amide bonds. The fraction of sp³-hybridized carbons (Fsp3) is 0.538. The van der Waals surface area contributed by atoms with Crippen LogP contribution in [0.3, 0.4) is 0 Å². The molecule has 0 saturated heterocycles. The summed E-state index contributed by atoms with van der Waals surface area (Å²) in [4.78, 5) is 1.34. The Labute approximate surface area is 102 Å². The lowest BCUT2D eigenvalue weighted by Crippen LogP contribution is -2.31. The van der Waals surface area contributed by atoms with Crippen molar-refractivity contribution in [1.29, 1.82) is 0 Å². The zero-order chi connectivity index (χ0) is 11.9. The van der Waals surface area contributed by atoms with Crippen molar-refractivity contribution in [3.05, 3.63) is 35.0 Å². The molecule has 1 aromatic rings. The van der Waals surface area contributed by atoms with Gasteiger partial charge in [0, 0.05) is 11.4 Å². The van der Waals surface area contributed by atoms with E-state index in [1.807, 2.05) is 6.92 Å². The van der Waals surface area contributed by atoms with Gasteiger partial charge in [-0.2, -0.15) is 0 Å². The van der Waals surface area contributed by atoms with E-state index in [1.54, 1.807) is 17.4 Å². The first kappa shape index (κ1) is 13.4. The van der Waals surface area contributed by atoms with E-state index in [0.717, 1.165) is 25.9 Å². The third kappa shape index (κ3) is 4.47. The Hall–Kier alpha value is -0.640. The Bertz CT molecular complexity index is 297. The molecule has 0 spiro atoms. The third-order valence-corrected chi connectivity index (χ3v) is 3.71. The molecule has 0 aliphatic carbocycles. The molecule has 0 radical (unpaired) electrons. The van der Waals surface area contributed by atoms with Crippen LogP contribution in [0.1, 0.15) is 31.1 Å². The van der Waals surface area contributed by atoms with Crippen molar-refractivity contribution in [2.45, 2.75) is 38.3 Å². The fourth-order valence-electron chi connectivity index (χ4n) is 1.64. The molecule has 16 heavy (non-hydrogen) atoms. The summed E-state index contributed by atoms with van der Waals surface area (Å²) in [6.45, 7) is 7.44. The van der Waals surface area contributed by atoms with Gasteiger partial charge in [-0.05, 0) is 37.3 Å². The molecule has 0 aliphatic rings. The van der Waals surface area contributed by atoms with Gasteiger partial charge in [-0.3, -0.25) is 0 Å². The van der Waals surface area contributed by atoms with Crippen LogP contribution in [0.5, 0.6) is 0 Å². The molecule has 1 atom stereocenters. The second kappa shape index (κ2) is 6.84. The van der Waals surface area contributed by atoms with Gasteiger partial charge in [0.25, 0.3) is 0 Å². The van der Waals surface area contributed by atoms with Crippen molar-refractivity contribution in [1.82, 2.24) is 5.32 Å². The summed E-state index contributed by atoms with van der Waals surface area (Å²) < 4.78 is 0. The summed E-state index contributed by atoms with van der Waals surface area (Å²) in [5.74, 6) is 0. The number of hydrogen-bond donors (Lipinski definition) is 2. The van der Waals surface area contributed by atoms with Crippen LogP contribution in [0.4, 0.5) is 0 Å². The lowest BCUT2D eigenvalue weighted by atomic mass is 9.93. The van der Waals surface area contributed by atoms with Gasteiger partial charge >= 0.3 is 0 Å². The maximum absolute atomic E-state index is 10.2. The number of aliphatic hydroxyl groups is 1. The van der Waals surface area contributed by atoms with Gasteiger partial charge in [0.2, 0.25) is 0 Å². The lowest BCUT2D eigenvalue weighted by molar-refractivity contribution is 0.0308. The lowest BCUT2D eigenvalue weighted by Gasteiger charge is -2.25. The van der Waals surface area contributed by atoms with Crippen molar-refractivity contribution >= 4 is 11.3 Å². The predicted molar refractivity (Wildman–Crippen MR) is 70.7 cm³/mol. The van der Waals surface area contributed by atoms with Crippen LogP contribution in [-0.2, 0) is 6.54 Å². The molecule has 1 unspecified atom stereocenters. The maximum atomic E-state index is 10.2. The minimum absolute atomic E-state index is 0.579. The Balaban J connectivity index is 2.20. The Morgan fingerprint density at radius 3 is 3.00 bits per heavy atom. The van der Waals surface area contributed by atoms with Crippen molar-refractivity contribution in [3.8, 4) is 0 Å². The molecule has 90 valence electrons. The van der Waals surface area contributed by atoms with Crippen LogP contribution in [0, 0.1) is 0 Å². The molecule has 0 fully saturated rings. The summed E-state index contributed by atoms with van der Waals surface area (Å²) in [6, 6.07) is 4.18. The Kier molecular flexibility index (Phi) is 5.74. The molecule has 0 saturated carbocycles. The predicted octanol–water partition coefficient (Wildman–Crippen LogP) is 2.95. The number of hydrogen-bond acceptors (Lipinski definition) is 3. The monoisotopic (exact) mass is 239 g/mol. The van der Waals surface area contributed by atoms with Gasteiger partial charge < -0.3 is 10.4 Å². The summed E-state index contributed by atoms with van der Waals surface area (Å²) >= 11 is 1.76. The zero-order valence-corrected chi connectivity index (χ0v) is 10.7. The van der Waals surface area contributed by atoms with Gasteiger partial charge in [-0.25, -0.2) is 0 Å². The molecular formula is C13H21NOS. The molecule has 2 N–H and O–H groups in total. The van der Waals surface area contributed by atoms with Crippen molar-refractivity contribution in [2.75, 3.05) is 6.54 Å². The molecule has 2 nitrogen and oxygen atoms in total. The molecular weight excluding hydrogens is 218 g/mol. The van der Waals surface area contributed by atoms with Gasteiger partial charge in [-0.1, -0.05) is 19.1 Å². The van der Waals surface area contributed by atoms with Crippen LogP contribution in [-0.4, -0.2) is 17.3 Å². The first-order valence-corrected chi connectivity index (χ1v) is 6.64.